The Balaban J connectivity index is 2.23. The topological polar surface area (TPSA) is 38.0 Å². The van der Waals surface area contributed by atoms with Gasteiger partial charge in [-0.25, -0.2) is 4.98 Å². The van der Waals surface area contributed by atoms with Gasteiger partial charge in [0.05, 0.1) is 18.1 Å². The van der Waals surface area contributed by atoms with Gasteiger partial charge in [-0.15, -0.1) is 0 Å². The molecule has 1 aromatic heterocycles. The Kier molecular flexibility index (Phi) is 2.68. The van der Waals surface area contributed by atoms with Gasteiger partial charge in [-0.2, -0.15) is 0 Å². The zero-order valence-corrected chi connectivity index (χ0v) is 8.48. The summed E-state index contributed by atoms with van der Waals surface area (Å²) in [6.45, 7) is 0. The number of aliphatic hydroxyl groups excluding tert-OH is 1. The van der Waals surface area contributed by atoms with Crippen molar-refractivity contribution in [3.63, 3.8) is 0 Å². The fraction of sp³-hybridized carbons (Fsp3) is 0.545. The summed E-state index contributed by atoms with van der Waals surface area (Å²) in [4.78, 5) is 4.30. The minimum absolute atomic E-state index is 0.283. The molecule has 14 heavy (non-hydrogen) atoms. The average molecular weight is 192 g/mol. The number of aromatic nitrogens is 2. The van der Waals surface area contributed by atoms with Crippen molar-refractivity contribution in [2.24, 2.45) is 7.05 Å². The summed E-state index contributed by atoms with van der Waals surface area (Å²) in [5.41, 5.74) is 2.20. The van der Waals surface area contributed by atoms with Crippen LogP contribution in [-0.4, -0.2) is 20.8 Å². The van der Waals surface area contributed by atoms with Crippen molar-refractivity contribution in [2.75, 3.05) is 0 Å². The molecule has 0 amide bonds. The highest BCUT2D eigenvalue weighted by molar-refractivity contribution is 5.62. The van der Waals surface area contributed by atoms with Crippen molar-refractivity contribution >= 4 is 5.57 Å². The van der Waals surface area contributed by atoms with E-state index >= 15 is 0 Å². The summed E-state index contributed by atoms with van der Waals surface area (Å²) in [5.74, 6) is 0. The molecular weight excluding hydrogens is 176 g/mol. The molecule has 0 saturated heterocycles. The molecule has 1 aromatic rings. The molecule has 0 aliphatic heterocycles. The van der Waals surface area contributed by atoms with E-state index in [0.29, 0.717) is 0 Å². The van der Waals surface area contributed by atoms with Crippen LogP contribution in [0.2, 0.25) is 0 Å². The third kappa shape index (κ3) is 2.04. The van der Waals surface area contributed by atoms with Gasteiger partial charge in [-0.1, -0.05) is 12.5 Å². The minimum Gasteiger partial charge on any atom is -0.389 e. The van der Waals surface area contributed by atoms with Gasteiger partial charge in [0.2, 0.25) is 0 Å². The predicted octanol–water partition coefficient (Wildman–Crippen LogP) is 1.74. The molecule has 1 aliphatic rings. The molecule has 3 heteroatoms. The number of allylic oxidation sites excluding steroid dienone is 1. The number of hydrogen-bond donors (Lipinski definition) is 1. The van der Waals surface area contributed by atoms with E-state index < -0.39 is 0 Å². The van der Waals surface area contributed by atoms with Gasteiger partial charge in [0.1, 0.15) is 0 Å². The van der Waals surface area contributed by atoms with E-state index in [0.717, 1.165) is 31.4 Å². The number of aliphatic hydroxyl groups is 1. The molecule has 1 aliphatic carbocycles. The van der Waals surface area contributed by atoms with Gasteiger partial charge >= 0.3 is 0 Å². The van der Waals surface area contributed by atoms with Crippen LogP contribution in [0.5, 0.6) is 0 Å². The Labute approximate surface area is 84.1 Å². The van der Waals surface area contributed by atoms with Crippen molar-refractivity contribution < 1.29 is 5.11 Å². The monoisotopic (exact) mass is 192 g/mol. The maximum Gasteiger partial charge on any atom is 0.0951 e. The lowest BCUT2D eigenvalue weighted by atomic mass is 10.1. The molecule has 1 unspecified atom stereocenters. The second kappa shape index (κ2) is 3.96. The Hall–Kier alpha value is -1.09. The van der Waals surface area contributed by atoms with Crippen molar-refractivity contribution in [1.82, 2.24) is 9.55 Å². The number of nitrogens with zero attached hydrogens (tertiary/aromatic N) is 2. The maximum atomic E-state index is 9.62. The summed E-state index contributed by atoms with van der Waals surface area (Å²) in [6, 6.07) is 0. The molecule has 0 saturated carbocycles. The summed E-state index contributed by atoms with van der Waals surface area (Å²) in [7, 11) is 1.96. The van der Waals surface area contributed by atoms with Crippen LogP contribution in [0, 0.1) is 0 Å². The highest BCUT2D eigenvalue weighted by Crippen LogP contribution is 2.24. The first-order chi connectivity index (χ1) is 6.75. The highest BCUT2D eigenvalue weighted by Gasteiger charge is 2.12. The van der Waals surface area contributed by atoms with E-state index in [1.54, 1.807) is 6.33 Å². The largest absolute Gasteiger partial charge is 0.389 e. The molecule has 0 fully saturated rings. The molecule has 1 N–H and O–H groups in total. The van der Waals surface area contributed by atoms with Crippen LogP contribution in [0.25, 0.3) is 5.57 Å². The number of hydrogen-bond acceptors (Lipinski definition) is 2. The quantitative estimate of drug-likeness (QED) is 0.736. The summed E-state index contributed by atoms with van der Waals surface area (Å²) < 4.78 is 1.94. The lowest BCUT2D eigenvalue weighted by Crippen LogP contribution is -2.00. The minimum atomic E-state index is -0.283. The number of aryl methyl sites for hydroxylation is 1. The van der Waals surface area contributed by atoms with E-state index in [1.807, 2.05) is 23.9 Å². The van der Waals surface area contributed by atoms with Crippen LogP contribution in [0.4, 0.5) is 0 Å². The third-order valence-corrected chi connectivity index (χ3v) is 2.62. The lowest BCUT2D eigenvalue weighted by Gasteiger charge is -2.02. The SMILES string of the molecule is Cn1cnc(C2=CC(O)CCCC2)c1. The molecule has 2 rings (SSSR count). The molecule has 1 atom stereocenters. The van der Waals surface area contributed by atoms with E-state index in [2.05, 4.69) is 4.98 Å². The summed E-state index contributed by atoms with van der Waals surface area (Å²) >= 11 is 0. The Morgan fingerprint density at radius 2 is 2.36 bits per heavy atom. The first kappa shape index (κ1) is 9.46. The average Bonchev–Trinajstić information content (AvgIpc) is 2.45. The Morgan fingerprint density at radius 1 is 1.50 bits per heavy atom. The van der Waals surface area contributed by atoms with E-state index in [4.69, 9.17) is 0 Å². The Morgan fingerprint density at radius 3 is 3.07 bits per heavy atom. The standard InChI is InChI=1S/C11H16N2O/c1-13-7-11(12-8-13)9-4-2-3-5-10(14)6-9/h6-8,10,14H,2-5H2,1H3. The molecular formula is C11H16N2O. The Bertz CT molecular complexity index is 341. The zero-order valence-electron chi connectivity index (χ0n) is 8.48. The van der Waals surface area contributed by atoms with Gasteiger partial charge < -0.3 is 9.67 Å². The van der Waals surface area contributed by atoms with Crippen molar-refractivity contribution in [2.45, 2.75) is 31.8 Å². The van der Waals surface area contributed by atoms with E-state index in [9.17, 15) is 5.11 Å². The van der Waals surface area contributed by atoms with E-state index in [1.165, 1.54) is 5.57 Å². The first-order valence-corrected chi connectivity index (χ1v) is 5.13. The lowest BCUT2D eigenvalue weighted by molar-refractivity contribution is 0.211. The zero-order chi connectivity index (χ0) is 9.97. The second-order valence-electron chi connectivity index (χ2n) is 3.93. The van der Waals surface area contributed by atoms with Gasteiger partial charge in [-0.3, -0.25) is 0 Å². The van der Waals surface area contributed by atoms with Crippen molar-refractivity contribution in [3.8, 4) is 0 Å². The fourth-order valence-corrected chi connectivity index (χ4v) is 1.86. The first-order valence-electron chi connectivity index (χ1n) is 5.13. The van der Waals surface area contributed by atoms with Gasteiger partial charge in [0, 0.05) is 13.2 Å². The maximum absolute atomic E-state index is 9.62. The summed E-state index contributed by atoms with van der Waals surface area (Å²) in [5, 5.41) is 9.62. The summed E-state index contributed by atoms with van der Waals surface area (Å²) in [6.07, 6.45) is 9.65. The smallest absolute Gasteiger partial charge is 0.0951 e. The van der Waals surface area contributed by atoms with Crippen LogP contribution < -0.4 is 0 Å². The van der Waals surface area contributed by atoms with Crippen LogP contribution >= 0.6 is 0 Å². The molecule has 1 heterocycles. The van der Waals surface area contributed by atoms with Crippen LogP contribution in [0.3, 0.4) is 0 Å². The highest BCUT2D eigenvalue weighted by atomic mass is 16.3. The molecule has 3 nitrogen and oxygen atoms in total. The van der Waals surface area contributed by atoms with Crippen molar-refractivity contribution in [1.29, 1.82) is 0 Å². The van der Waals surface area contributed by atoms with E-state index in [-0.39, 0.29) is 6.10 Å². The normalized spacial score (nSPS) is 23.0. The predicted molar refractivity (Wildman–Crippen MR) is 55.7 cm³/mol. The number of rotatable bonds is 1. The molecule has 0 radical (unpaired) electrons. The van der Waals surface area contributed by atoms with Crippen LogP contribution in [0.1, 0.15) is 31.4 Å². The molecule has 0 aromatic carbocycles. The molecule has 76 valence electrons. The van der Waals surface area contributed by atoms with Gasteiger partial charge in [0.15, 0.2) is 0 Å². The fourth-order valence-electron chi connectivity index (χ4n) is 1.86. The molecule has 0 spiro atoms. The van der Waals surface area contributed by atoms with Gasteiger partial charge in [0.25, 0.3) is 0 Å². The second-order valence-corrected chi connectivity index (χ2v) is 3.93. The van der Waals surface area contributed by atoms with Gasteiger partial charge in [-0.05, 0) is 24.8 Å². The van der Waals surface area contributed by atoms with Crippen molar-refractivity contribution in [3.05, 3.63) is 24.3 Å². The molecule has 0 bridgehead atoms. The number of imidazole rings is 1. The van der Waals surface area contributed by atoms with Crippen LogP contribution in [-0.2, 0) is 7.05 Å². The van der Waals surface area contributed by atoms with Crippen LogP contribution in [0.15, 0.2) is 18.6 Å². The third-order valence-electron chi connectivity index (χ3n) is 2.62.